The summed E-state index contributed by atoms with van der Waals surface area (Å²) in [6.07, 6.45) is 0. The van der Waals surface area contributed by atoms with Gasteiger partial charge in [0.1, 0.15) is 17.1 Å². The fourth-order valence-corrected chi connectivity index (χ4v) is 1.98. The van der Waals surface area contributed by atoms with Crippen LogP contribution in [0.1, 0.15) is 20.8 Å². The first-order chi connectivity index (χ1) is 9.31. The Morgan fingerprint density at radius 2 is 2.10 bits per heavy atom. The molecular weight excluding hydrogens is 280 g/mol. The second-order valence-electron chi connectivity index (χ2n) is 5.08. The number of nitrogens with one attached hydrogen (secondary N) is 1. The van der Waals surface area contributed by atoms with Crippen molar-refractivity contribution in [3.8, 4) is 5.88 Å². The van der Waals surface area contributed by atoms with Gasteiger partial charge in [0.2, 0.25) is 5.88 Å². The lowest BCUT2D eigenvalue weighted by Crippen LogP contribution is -2.24. The molecule has 8 heteroatoms. The molecule has 0 amide bonds. The first-order valence-corrected chi connectivity index (χ1v) is 6.71. The number of thioether (sulfide) groups is 1. The van der Waals surface area contributed by atoms with Crippen LogP contribution < -0.4 is 10.3 Å². The minimum Gasteiger partial charge on any atom is -0.470 e. The van der Waals surface area contributed by atoms with E-state index in [-0.39, 0.29) is 22.1 Å². The zero-order chi connectivity index (χ0) is 14.9. The molecule has 0 saturated heterocycles. The molecule has 106 valence electrons. The first-order valence-electron chi connectivity index (χ1n) is 5.83. The Balaban J connectivity index is 2.66. The number of aryl methyl sites for hydroxylation is 1. The predicted molar refractivity (Wildman–Crippen MR) is 75.6 cm³/mol. The van der Waals surface area contributed by atoms with Crippen molar-refractivity contribution < 1.29 is 9.53 Å². The lowest BCUT2D eigenvalue weighted by Gasteiger charge is -2.20. The maximum absolute atomic E-state index is 12.0. The molecule has 1 N–H and O–H groups in total. The second kappa shape index (κ2) is 5.15. The summed E-state index contributed by atoms with van der Waals surface area (Å²) < 4.78 is 7.05. The van der Waals surface area contributed by atoms with E-state index in [4.69, 9.17) is 4.74 Å². The zero-order valence-electron chi connectivity index (χ0n) is 11.6. The van der Waals surface area contributed by atoms with Crippen molar-refractivity contribution in [2.75, 3.05) is 0 Å². The van der Waals surface area contributed by atoms with Crippen molar-refractivity contribution >= 4 is 28.7 Å². The molecule has 2 aromatic rings. The highest BCUT2D eigenvalue weighted by Gasteiger charge is 2.20. The molecule has 7 nitrogen and oxygen atoms in total. The molecule has 0 saturated carbocycles. The number of hydrogen-bond acceptors (Lipinski definition) is 6. The lowest BCUT2D eigenvalue weighted by atomic mass is 10.2. The van der Waals surface area contributed by atoms with Crippen LogP contribution >= 0.6 is 11.8 Å². The summed E-state index contributed by atoms with van der Waals surface area (Å²) in [7, 11) is 1.59. The van der Waals surface area contributed by atoms with Gasteiger partial charge in [-0.2, -0.15) is 4.98 Å². The number of nitrogens with zero attached hydrogens (tertiary/aromatic N) is 3. The quantitative estimate of drug-likeness (QED) is 0.521. The van der Waals surface area contributed by atoms with Crippen LogP contribution in [0.15, 0.2) is 15.4 Å². The summed E-state index contributed by atoms with van der Waals surface area (Å²) in [5.41, 5.74) is -0.0929. The lowest BCUT2D eigenvalue weighted by molar-refractivity contribution is 0.125. The summed E-state index contributed by atoms with van der Waals surface area (Å²) in [4.78, 5) is 30.6. The van der Waals surface area contributed by atoms with E-state index < -0.39 is 5.60 Å². The van der Waals surface area contributed by atoms with E-state index in [1.165, 1.54) is 10.1 Å². The average molecular weight is 294 g/mol. The Hall–Kier alpha value is -2.05. The smallest absolute Gasteiger partial charge is 0.293 e. The van der Waals surface area contributed by atoms with Gasteiger partial charge in [-0.25, -0.2) is 9.78 Å². The first kappa shape index (κ1) is 14.4. The van der Waals surface area contributed by atoms with Gasteiger partial charge < -0.3 is 4.74 Å². The van der Waals surface area contributed by atoms with E-state index in [2.05, 4.69) is 15.1 Å². The molecule has 0 bridgehead atoms. The highest BCUT2D eigenvalue weighted by Crippen LogP contribution is 2.26. The number of aromatic amines is 1. The number of H-pyrrole nitrogens is 1. The molecule has 0 radical (unpaired) electrons. The monoisotopic (exact) mass is 294 g/mol. The van der Waals surface area contributed by atoms with Crippen molar-refractivity contribution in [1.82, 2.24) is 19.7 Å². The Morgan fingerprint density at radius 3 is 2.70 bits per heavy atom. The largest absolute Gasteiger partial charge is 0.470 e. The Morgan fingerprint density at radius 1 is 1.40 bits per heavy atom. The van der Waals surface area contributed by atoms with Gasteiger partial charge in [0.25, 0.3) is 5.56 Å². The maximum atomic E-state index is 12.0. The molecule has 2 heterocycles. The van der Waals surface area contributed by atoms with Gasteiger partial charge in [-0.15, -0.1) is 0 Å². The molecule has 0 atom stereocenters. The SMILES string of the molecule is Cn1[nH]c2c(OC(C)(C)C)nc(SC=C=O)nc2c1=O. The van der Waals surface area contributed by atoms with E-state index >= 15 is 0 Å². The van der Waals surface area contributed by atoms with E-state index in [0.29, 0.717) is 5.52 Å². The molecule has 0 aliphatic rings. The summed E-state index contributed by atoms with van der Waals surface area (Å²) in [6.45, 7) is 5.63. The minimum absolute atomic E-state index is 0.226. The van der Waals surface area contributed by atoms with Crippen LogP contribution in [0, 0.1) is 0 Å². The van der Waals surface area contributed by atoms with Crippen LogP contribution in [-0.4, -0.2) is 31.3 Å². The van der Waals surface area contributed by atoms with E-state index in [9.17, 15) is 9.59 Å². The third-order valence-electron chi connectivity index (χ3n) is 2.26. The number of aromatic nitrogens is 4. The molecule has 0 fully saturated rings. The number of fused-ring (bicyclic) bond motifs is 1. The van der Waals surface area contributed by atoms with Gasteiger partial charge in [-0.05, 0) is 32.5 Å². The van der Waals surface area contributed by atoms with Crippen LogP contribution in [0.2, 0.25) is 0 Å². The van der Waals surface area contributed by atoms with E-state index in [1.54, 1.807) is 13.0 Å². The van der Waals surface area contributed by atoms with Crippen molar-refractivity contribution in [3.63, 3.8) is 0 Å². The van der Waals surface area contributed by atoms with Crippen LogP contribution in [0.4, 0.5) is 0 Å². The normalized spacial score (nSPS) is 11.4. The molecule has 0 spiro atoms. The van der Waals surface area contributed by atoms with Gasteiger partial charge in [-0.3, -0.25) is 14.6 Å². The third kappa shape index (κ3) is 2.92. The van der Waals surface area contributed by atoms with Crippen molar-refractivity contribution in [2.24, 2.45) is 7.05 Å². The highest BCUT2D eigenvalue weighted by molar-refractivity contribution is 8.02. The molecular formula is C12H14N4O3S. The van der Waals surface area contributed by atoms with Crippen molar-refractivity contribution in [2.45, 2.75) is 31.5 Å². The van der Waals surface area contributed by atoms with Crippen molar-refractivity contribution in [3.05, 3.63) is 15.8 Å². The molecule has 20 heavy (non-hydrogen) atoms. The predicted octanol–water partition coefficient (Wildman–Crippen LogP) is 1.27. The molecule has 2 rings (SSSR count). The van der Waals surface area contributed by atoms with Gasteiger partial charge in [0, 0.05) is 7.05 Å². The summed E-state index contributed by atoms with van der Waals surface area (Å²) in [6, 6.07) is 0. The van der Waals surface area contributed by atoms with Gasteiger partial charge in [-0.1, -0.05) is 0 Å². The molecule has 2 aromatic heterocycles. The number of ether oxygens (including phenoxy) is 1. The molecule has 0 aliphatic heterocycles. The maximum Gasteiger partial charge on any atom is 0.293 e. The molecule has 0 aromatic carbocycles. The van der Waals surface area contributed by atoms with Crippen molar-refractivity contribution in [1.29, 1.82) is 0 Å². The number of rotatable bonds is 3. The fraction of sp³-hybridized carbons (Fsp3) is 0.417. The molecule has 0 unspecified atom stereocenters. The summed E-state index contributed by atoms with van der Waals surface area (Å²) >= 11 is 0.981. The fourth-order valence-electron chi connectivity index (χ4n) is 1.55. The summed E-state index contributed by atoms with van der Waals surface area (Å²) in [5, 5.41) is 4.30. The van der Waals surface area contributed by atoms with Gasteiger partial charge in [0.15, 0.2) is 10.7 Å². The van der Waals surface area contributed by atoms with Gasteiger partial charge >= 0.3 is 0 Å². The average Bonchev–Trinajstić information content (AvgIpc) is 2.62. The Labute approximate surface area is 119 Å². The number of hydrogen-bond donors (Lipinski definition) is 1. The van der Waals surface area contributed by atoms with Crippen LogP contribution in [0.5, 0.6) is 5.88 Å². The Kier molecular flexibility index (Phi) is 3.69. The van der Waals surface area contributed by atoms with Gasteiger partial charge in [0.05, 0.1) is 5.41 Å². The minimum atomic E-state index is -0.476. The van der Waals surface area contributed by atoms with E-state index in [0.717, 1.165) is 11.8 Å². The van der Waals surface area contributed by atoms with E-state index in [1.807, 2.05) is 20.8 Å². The number of carbonyl (C=O) groups excluding carboxylic acids is 1. The zero-order valence-corrected chi connectivity index (χ0v) is 12.4. The van der Waals surface area contributed by atoms with Crippen LogP contribution in [0.3, 0.4) is 0 Å². The van der Waals surface area contributed by atoms with Crippen LogP contribution in [-0.2, 0) is 11.8 Å². The summed E-state index contributed by atoms with van der Waals surface area (Å²) in [5.74, 6) is 1.91. The standard InChI is InChI=1S/C12H14N4O3S/c1-12(2,3)19-9-7-8(10(18)16(4)15-7)13-11(14-9)20-6-5-17/h6,15H,1-4H3. The molecule has 0 aliphatic carbocycles. The highest BCUT2D eigenvalue weighted by atomic mass is 32.2. The topological polar surface area (TPSA) is 89.9 Å². The second-order valence-corrected chi connectivity index (χ2v) is 5.92. The van der Waals surface area contributed by atoms with Crippen LogP contribution in [0.25, 0.3) is 11.0 Å². The third-order valence-corrected chi connectivity index (χ3v) is 2.86. The Bertz CT molecular complexity index is 750.